The number of nitrogens with two attached hydrogens (primary N) is 1. The van der Waals surface area contributed by atoms with Crippen molar-refractivity contribution < 1.29 is 14.4 Å². The number of likely N-dealkylation sites (tertiary alicyclic amines) is 1. The van der Waals surface area contributed by atoms with Gasteiger partial charge in [-0.3, -0.25) is 19.1 Å². The highest BCUT2D eigenvalue weighted by molar-refractivity contribution is 9.10. The molecule has 0 radical (unpaired) electrons. The van der Waals surface area contributed by atoms with Crippen LogP contribution in [-0.4, -0.2) is 59.4 Å². The van der Waals surface area contributed by atoms with Gasteiger partial charge in [0.05, 0.1) is 11.1 Å². The minimum absolute atomic E-state index is 0.0626. The van der Waals surface area contributed by atoms with Crippen molar-refractivity contribution in [3.63, 3.8) is 0 Å². The fourth-order valence-corrected chi connectivity index (χ4v) is 6.12. The van der Waals surface area contributed by atoms with Crippen LogP contribution in [0.4, 0.5) is 5.82 Å². The number of nitriles is 1. The van der Waals surface area contributed by atoms with E-state index in [0.717, 1.165) is 12.0 Å². The minimum atomic E-state index is -0.794. The van der Waals surface area contributed by atoms with Crippen molar-refractivity contribution >= 4 is 50.4 Å². The highest BCUT2D eigenvalue weighted by Gasteiger charge is 2.64. The number of aryl methyl sites for hydroxylation is 2. The van der Waals surface area contributed by atoms with Gasteiger partial charge in [0.25, 0.3) is 5.91 Å². The summed E-state index contributed by atoms with van der Waals surface area (Å²) >= 11 is 3.33. The Labute approximate surface area is 249 Å². The Morgan fingerprint density at radius 2 is 1.90 bits per heavy atom. The maximum absolute atomic E-state index is 13.9. The molecule has 3 atom stereocenters. The van der Waals surface area contributed by atoms with Gasteiger partial charge in [-0.2, -0.15) is 10.4 Å². The van der Waals surface area contributed by atoms with Crippen LogP contribution in [0.25, 0.3) is 22.0 Å². The molecule has 3 N–H and O–H groups in total. The van der Waals surface area contributed by atoms with E-state index in [1.165, 1.54) is 4.68 Å². The lowest BCUT2D eigenvalue weighted by atomic mass is 10.0. The number of nitrogens with zero attached hydrogens (tertiary/aromatic N) is 7. The molecular weight excluding hydrogens is 602 g/mol. The standard InChI is InChI=1S/C29H26BrN9O3/c1-14-4-5-22(30)35-27(14)36-28(42)20-8-29(3)9-21(29)39(20)23(40)13-38-25-17(10-31)6-16(18-11-33-15(2)34-12-18)7-19(25)24(37-38)26(32)41/h4-7,11-12,20-21H,8-9,13H2,1-3H3,(H2,32,41)(H,35,36,42)/t20?,21-,29+/m1/s1. The van der Waals surface area contributed by atoms with Crippen LogP contribution in [0.3, 0.4) is 0 Å². The molecule has 12 nitrogen and oxygen atoms in total. The second-order valence-corrected chi connectivity index (χ2v) is 11.9. The number of pyridine rings is 1. The Balaban J connectivity index is 1.34. The molecule has 42 heavy (non-hydrogen) atoms. The van der Waals surface area contributed by atoms with E-state index in [1.54, 1.807) is 42.4 Å². The molecule has 0 bridgehead atoms. The van der Waals surface area contributed by atoms with Crippen LogP contribution in [0.5, 0.6) is 0 Å². The summed E-state index contributed by atoms with van der Waals surface area (Å²) in [5.74, 6) is -0.451. The van der Waals surface area contributed by atoms with Crippen LogP contribution in [0.1, 0.15) is 47.2 Å². The average Bonchev–Trinajstić information content (AvgIpc) is 3.31. The molecule has 3 aromatic heterocycles. The Morgan fingerprint density at radius 1 is 1.17 bits per heavy atom. The van der Waals surface area contributed by atoms with Gasteiger partial charge in [-0.25, -0.2) is 15.0 Å². The first-order valence-corrected chi connectivity index (χ1v) is 14.1. The highest BCUT2D eigenvalue weighted by Crippen LogP contribution is 2.59. The molecule has 13 heteroatoms. The third-order valence-corrected chi connectivity index (χ3v) is 8.57. The normalized spacial score (nSPS) is 20.7. The van der Waals surface area contributed by atoms with Gasteiger partial charge in [0.2, 0.25) is 11.8 Å². The minimum Gasteiger partial charge on any atom is -0.364 e. The van der Waals surface area contributed by atoms with Crippen LogP contribution >= 0.6 is 15.9 Å². The summed E-state index contributed by atoms with van der Waals surface area (Å²) in [4.78, 5) is 54.1. The Kier molecular flexibility index (Phi) is 6.53. The van der Waals surface area contributed by atoms with Crippen LogP contribution in [0.15, 0.2) is 41.3 Å². The molecular formula is C29H26BrN9O3. The lowest BCUT2D eigenvalue weighted by Gasteiger charge is -2.27. The van der Waals surface area contributed by atoms with E-state index < -0.39 is 11.9 Å². The highest BCUT2D eigenvalue weighted by atomic mass is 79.9. The summed E-state index contributed by atoms with van der Waals surface area (Å²) in [5.41, 5.74) is 8.01. The van der Waals surface area contributed by atoms with Gasteiger partial charge in [-0.1, -0.05) is 13.0 Å². The van der Waals surface area contributed by atoms with Gasteiger partial charge in [0.15, 0.2) is 5.69 Å². The number of hydrogen-bond acceptors (Lipinski definition) is 8. The van der Waals surface area contributed by atoms with Gasteiger partial charge in [0, 0.05) is 29.4 Å². The number of amides is 3. The number of fused-ring (bicyclic) bond motifs is 2. The van der Waals surface area contributed by atoms with E-state index in [9.17, 15) is 19.6 Å². The maximum Gasteiger partial charge on any atom is 0.269 e. The molecule has 1 saturated heterocycles. The fourth-order valence-electron chi connectivity index (χ4n) is 5.81. The largest absolute Gasteiger partial charge is 0.364 e. The predicted molar refractivity (Wildman–Crippen MR) is 156 cm³/mol. The number of rotatable bonds is 6. The number of piperidine rings is 1. The summed E-state index contributed by atoms with van der Waals surface area (Å²) in [5, 5.41) is 17.6. The van der Waals surface area contributed by atoms with Crippen LogP contribution in [-0.2, 0) is 16.1 Å². The van der Waals surface area contributed by atoms with Crippen molar-refractivity contribution in [2.45, 2.75) is 52.2 Å². The molecule has 1 aliphatic heterocycles. The van der Waals surface area contributed by atoms with E-state index in [2.05, 4.69) is 54.3 Å². The molecule has 2 fully saturated rings. The summed E-state index contributed by atoms with van der Waals surface area (Å²) in [6.45, 7) is 5.38. The van der Waals surface area contributed by atoms with Gasteiger partial charge in [0.1, 0.15) is 34.9 Å². The lowest BCUT2D eigenvalue weighted by molar-refractivity contribution is -0.138. The fraction of sp³-hybridized carbons (Fsp3) is 0.310. The molecule has 1 saturated carbocycles. The zero-order valence-corrected chi connectivity index (χ0v) is 24.6. The number of benzene rings is 1. The van der Waals surface area contributed by atoms with Crippen molar-refractivity contribution in [1.82, 2.24) is 29.6 Å². The Bertz CT molecular complexity index is 1850. The third-order valence-electron chi connectivity index (χ3n) is 8.13. The maximum atomic E-state index is 13.9. The number of hydrogen-bond donors (Lipinski definition) is 2. The SMILES string of the molecule is Cc1ncc(-c2cc(C#N)c3c(c2)c(C(N)=O)nn3CC(=O)N2C(C(=O)Nc3nc(Br)ccc3C)C[C@@]3(C)C[C@@H]23)cn1. The first-order chi connectivity index (χ1) is 20.0. The van der Waals surface area contributed by atoms with Crippen LogP contribution in [0, 0.1) is 30.6 Å². The summed E-state index contributed by atoms with van der Waals surface area (Å²) in [6.07, 6.45) is 4.55. The van der Waals surface area contributed by atoms with Crippen molar-refractivity contribution in [2.75, 3.05) is 5.32 Å². The molecule has 1 aliphatic carbocycles. The van der Waals surface area contributed by atoms with Crippen molar-refractivity contribution in [3.05, 3.63) is 63.9 Å². The smallest absolute Gasteiger partial charge is 0.269 e. The molecule has 212 valence electrons. The number of nitrogens with one attached hydrogen (secondary N) is 1. The molecule has 4 heterocycles. The zero-order chi connectivity index (χ0) is 29.9. The van der Waals surface area contributed by atoms with E-state index >= 15 is 0 Å². The summed E-state index contributed by atoms with van der Waals surface area (Å²) in [7, 11) is 0. The number of anilines is 1. The van der Waals surface area contributed by atoms with Crippen molar-refractivity contribution in [1.29, 1.82) is 5.26 Å². The first-order valence-electron chi connectivity index (χ1n) is 13.3. The second kappa shape index (κ2) is 9.99. The number of primary amides is 1. The topological polar surface area (TPSA) is 173 Å². The quantitative estimate of drug-likeness (QED) is 0.306. The Hall–Kier alpha value is -4.70. The average molecular weight is 628 g/mol. The molecule has 6 rings (SSSR count). The predicted octanol–water partition coefficient (Wildman–Crippen LogP) is 3.26. The molecule has 0 spiro atoms. The number of halogens is 1. The molecule has 2 aliphatic rings. The number of aromatic nitrogens is 5. The molecule has 3 amide bonds. The molecule has 1 unspecified atom stereocenters. The summed E-state index contributed by atoms with van der Waals surface area (Å²) in [6, 6.07) is 8.31. The lowest BCUT2D eigenvalue weighted by Crippen LogP contribution is -2.47. The van der Waals surface area contributed by atoms with E-state index in [-0.39, 0.29) is 41.1 Å². The van der Waals surface area contributed by atoms with Crippen LogP contribution < -0.4 is 11.1 Å². The first kappa shape index (κ1) is 27.5. The van der Waals surface area contributed by atoms with E-state index in [4.69, 9.17) is 5.73 Å². The van der Waals surface area contributed by atoms with E-state index in [1.807, 2.05) is 13.0 Å². The number of carbonyl (C=O) groups excluding carboxylic acids is 3. The monoisotopic (exact) mass is 627 g/mol. The molecule has 1 aromatic carbocycles. The van der Waals surface area contributed by atoms with Gasteiger partial charge >= 0.3 is 0 Å². The Morgan fingerprint density at radius 3 is 2.60 bits per heavy atom. The third kappa shape index (κ3) is 4.67. The van der Waals surface area contributed by atoms with Gasteiger partial charge in [-0.05, 0) is 77.4 Å². The van der Waals surface area contributed by atoms with E-state index in [0.29, 0.717) is 44.7 Å². The van der Waals surface area contributed by atoms with Crippen molar-refractivity contribution in [2.24, 2.45) is 11.1 Å². The molecule has 4 aromatic rings. The van der Waals surface area contributed by atoms with Crippen LogP contribution in [0.2, 0.25) is 0 Å². The van der Waals surface area contributed by atoms with Gasteiger partial charge < -0.3 is 16.0 Å². The second-order valence-electron chi connectivity index (χ2n) is 11.1. The number of carbonyl (C=O) groups is 3. The zero-order valence-electron chi connectivity index (χ0n) is 23.1. The van der Waals surface area contributed by atoms with Gasteiger partial charge in [-0.15, -0.1) is 0 Å². The summed E-state index contributed by atoms with van der Waals surface area (Å²) < 4.78 is 1.92. The van der Waals surface area contributed by atoms with Crippen molar-refractivity contribution in [3.8, 4) is 17.2 Å².